The van der Waals surface area contributed by atoms with Crippen molar-refractivity contribution in [1.29, 1.82) is 0 Å². The molecule has 8 heteroatoms. The quantitative estimate of drug-likeness (QED) is 0.222. The molecule has 1 fully saturated rings. The number of rotatable bonds is 3. The molecule has 2 aliphatic heterocycles. The van der Waals surface area contributed by atoms with E-state index >= 15 is 0 Å². The molecular weight excluding hydrogens is 479 g/mol. The third-order valence-electron chi connectivity index (χ3n) is 6.55. The van der Waals surface area contributed by atoms with Crippen LogP contribution in [0, 0.1) is 12.7 Å². The highest BCUT2D eigenvalue weighted by Crippen LogP contribution is 2.45. The van der Waals surface area contributed by atoms with Gasteiger partial charge in [0.2, 0.25) is 0 Å². The van der Waals surface area contributed by atoms with Gasteiger partial charge in [0.05, 0.1) is 21.8 Å². The van der Waals surface area contributed by atoms with Gasteiger partial charge in [-0.2, -0.15) is 0 Å². The number of halogens is 1. The average molecular weight is 501 g/mol. The lowest BCUT2D eigenvalue weighted by molar-refractivity contribution is -0.132. The molecule has 36 heavy (non-hydrogen) atoms. The summed E-state index contributed by atoms with van der Waals surface area (Å²) in [5.74, 6) is -1.51. The molecule has 6 nitrogen and oxygen atoms in total. The molecule has 1 amide bonds. The largest absolute Gasteiger partial charge is 0.507 e. The van der Waals surface area contributed by atoms with Gasteiger partial charge in [-0.25, -0.2) is 9.37 Å². The number of ketones is 1. The molecule has 0 radical (unpaired) electrons. The first-order chi connectivity index (χ1) is 17.3. The number of hydrogen-bond donors (Lipinski definition) is 1. The summed E-state index contributed by atoms with van der Waals surface area (Å²) in [7, 11) is 0. The number of thiazole rings is 1. The molecule has 1 N–H and O–H groups in total. The van der Waals surface area contributed by atoms with Crippen LogP contribution in [-0.2, 0) is 16.0 Å². The lowest BCUT2D eigenvalue weighted by Gasteiger charge is -2.23. The first kappa shape index (κ1) is 22.4. The predicted octanol–water partition coefficient (Wildman–Crippen LogP) is 5.69. The summed E-state index contributed by atoms with van der Waals surface area (Å²) in [4.78, 5) is 32.6. The van der Waals surface area contributed by atoms with Crippen molar-refractivity contribution in [3.8, 4) is 5.75 Å². The minimum Gasteiger partial charge on any atom is -0.507 e. The highest BCUT2D eigenvalue weighted by Gasteiger charge is 2.48. The van der Waals surface area contributed by atoms with Crippen molar-refractivity contribution in [1.82, 2.24) is 4.98 Å². The van der Waals surface area contributed by atoms with Crippen LogP contribution in [0.3, 0.4) is 0 Å². The summed E-state index contributed by atoms with van der Waals surface area (Å²) in [5, 5.41) is 11.7. The van der Waals surface area contributed by atoms with E-state index in [4.69, 9.17) is 4.74 Å². The van der Waals surface area contributed by atoms with E-state index in [1.165, 1.54) is 23.1 Å². The molecule has 3 aromatic carbocycles. The van der Waals surface area contributed by atoms with Crippen LogP contribution in [0.2, 0.25) is 0 Å². The van der Waals surface area contributed by atoms with Gasteiger partial charge >= 0.3 is 5.91 Å². The molecule has 2 aliphatic rings. The van der Waals surface area contributed by atoms with Crippen LogP contribution in [0.15, 0.2) is 66.2 Å². The Morgan fingerprint density at radius 2 is 1.89 bits per heavy atom. The van der Waals surface area contributed by atoms with Gasteiger partial charge in [0.1, 0.15) is 23.4 Å². The van der Waals surface area contributed by atoms with E-state index in [1.807, 2.05) is 38.1 Å². The predicted molar refractivity (Wildman–Crippen MR) is 136 cm³/mol. The van der Waals surface area contributed by atoms with Crippen molar-refractivity contribution in [2.45, 2.75) is 32.4 Å². The fourth-order valence-corrected chi connectivity index (χ4v) is 5.83. The first-order valence-electron chi connectivity index (χ1n) is 11.5. The van der Waals surface area contributed by atoms with E-state index in [-0.39, 0.29) is 22.6 Å². The zero-order valence-electron chi connectivity index (χ0n) is 19.5. The van der Waals surface area contributed by atoms with Crippen molar-refractivity contribution in [3.05, 3.63) is 94.3 Å². The maximum absolute atomic E-state index is 13.8. The number of aliphatic hydroxyl groups excluding tert-OH is 1. The van der Waals surface area contributed by atoms with Crippen LogP contribution in [-0.4, -0.2) is 27.9 Å². The maximum atomic E-state index is 13.8. The Morgan fingerprint density at radius 3 is 2.67 bits per heavy atom. The second-order valence-corrected chi connectivity index (χ2v) is 10.2. The molecule has 1 saturated heterocycles. The molecule has 0 spiro atoms. The van der Waals surface area contributed by atoms with Crippen molar-refractivity contribution in [2.75, 3.05) is 4.90 Å². The number of aryl methyl sites for hydroxylation is 1. The van der Waals surface area contributed by atoms with Crippen LogP contribution in [0.5, 0.6) is 5.75 Å². The molecule has 180 valence electrons. The fourth-order valence-electron chi connectivity index (χ4n) is 4.81. The SMILES string of the molecule is Cc1ccc(C2/C(=C(\O)c3ccc4c(c3)CC(C)O4)C(=O)C(=O)N2c2nc3ccc(F)cc3s2)cc1. The number of anilines is 1. The highest BCUT2D eigenvalue weighted by molar-refractivity contribution is 7.22. The average Bonchev–Trinajstić information content (AvgIpc) is 3.51. The Balaban J connectivity index is 1.53. The van der Waals surface area contributed by atoms with Crippen molar-refractivity contribution in [3.63, 3.8) is 0 Å². The van der Waals surface area contributed by atoms with Gasteiger partial charge in [-0.1, -0.05) is 41.2 Å². The standard InChI is InChI=1S/C28H21FN2O4S/c1-14-3-5-16(6-4-14)24-23(25(32)17-7-10-21-18(12-17)11-15(2)35-21)26(33)27(34)31(24)28-30-20-9-8-19(29)13-22(20)36-28/h3-10,12-13,15,24,32H,11H2,1-2H3/b25-23+. The number of hydrogen-bond acceptors (Lipinski definition) is 6. The number of fused-ring (bicyclic) bond motifs is 2. The highest BCUT2D eigenvalue weighted by atomic mass is 32.1. The number of carbonyl (C=O) groups excluding carboxylic acids is 2. The van der Waals surface area contributed by atoms with Crippen molar-refractivity contribution >= 4 is 44.1 Å². The van der Waals surface area contributed by atoms with Crippen LogP contribution in [0.1, 0.15) is 35.2 Å². The maximum Gasteiger partial charge on any atom is 0.301 e. The fraction of sp³-hybridized carbons (Fsp3) is 0.179. The molecule has 0 bridgehead atoms. The minimum absolute atomic E-state index is 0.0128. The van der Waals surface area contributed by atoms with Gasteiger partial charge in [0.15, 0.2) is 5.13 Å². The van der Waals surface area contributed by atoms with E-state index in [1.54, 1.807) is 18.2 Å². The summed E-state index contributed by atoms with van der Waals surface area (Å²) in [6.45, 7) is 3.91. The molecule has 2 unspecified atom stereocenters. The Kier molecular flexibility index (Phi) is 5.15. The Labute approximate surface area is 210 Å². The number of amides is 1. The Hall–Kier alpha value is -4.04. The van der Waals surface area contributed by atoms with Crippen molar-refractivity contribution in [2.24, 2.45) is 0 Å². The number of nitrogens with zero attached hydrogens (tertiary/aromatic N) is 2. The summed E-state index contributed by atoms with van der Waals surface area (Å²) < 4.78 is 20.1. The smallest absolute Gasteiger partial charge is 0.301 e. The van der Waals surface area contributed by atoms with Gasteiger partial charge < -0.3 is 9.84 Å². The zero-order valence-corrected chi connectivity index (χ0v) is 20.3. The Morgan fingerprint density at radius 1 is 1.11 bits per heavy atom. The molecule has 2 atom stereocenters. The third kappa shape index (κ3) is 3.56. The lowest BCUT2D eigenvalue weighted by atomic mass is 9.94. The number of ether oxygens (including phenoxy) is 1. The summed E-state index contributed by atoms with van der Waals surface area (Å²) >= 11 is 1.12. The molecule has 6 rings (SSSR count). The van der Waals surface area contributed by atoms with Gasteiger partial charge in [-0.05, 0) is 61.4 Å². The van der Waals surface area contributed by atoms with E-state index in [9.17, 15) is 19.1 Å². The summed E-state index contributed by atoms with van der Waals surface area (Å²) in [6.07, 6.45) is 0.716. The number of benzene rings is 3. The van der Waals surface area contributed by atoms with E-state index in [0.717, 1.165) is 28.2 Å². The third-order valence-corrected chi connectivity index (χ3v) is 7.57. The van der Waals surface area contributed by atoms with E-state index in [0.29, 0.717) is 27.8 Å². The van der Waals surface area contributed by atoms with Gasteiger partial charge in [-0.3, -0.25) is 14.5 Å². The van der Waals surface area contributed by atoms with Gasteiger partial charge in [0, 0.05) is 12.0 Å². The number of aromatic nitrogens is 1. The van der Waals surface area contributed by atoms with Crippen LogP contribution < -0.4 is 9.64 Å². The lowest BCUT2D eigenvalue weighted by Crippen LogP contribution is -2.29. The van der Waals surface area contributed by atoms with Crippen LogP contribution in [0.4, 0.5) is 9.52 Å². The molecule has 3 heterocycles. The zero-order chi connectivity index (χ0) is 25.1. The molecule has 1 aromatic heterocycles. The van der Waals surface area contributed by atoms with Gasteiger partial charge in [0.25, 0.3) is 5.78 Å². The first-order valence-corrected chi connectivity index (χ1v) is 12.4. The normalized spacial score (nSPS) is 20.7. The summed E-state index contributed by atoms with van der Waals surface area (Å²) in [6, 6.07) is 16.0. The second kappa shape index (κ2) is 8.27. The van der Waals surface area contributed by atoms with Gasteiger partial charge in [-0.15, -0.1) is 0 Å². The topological polar surface area (TPSA) is 79.7 Å². The van der Waals surface area contributed by atoms with E-state index in [2.05, 4.69) is 4.98 Å². The number of Topliss-reactive ketones (excluding diaryl/α,β-unsaturated/α-hetero) is 1. The minimum atomic E-state index is -0.889. The van der Waals surface area contributed by atoms with Crippen molar-refractivity contribution < 1.29 is 23.8 Å². The monoisotopic (exact) mass is 500 g/mol. The summed E-state index contributed by atoms with van der Waals surface area (Å²) in [5.41, 5.74) is 3.55. The molecule has 0 aliphatic carbocycles. The Bertz CT molecular complexity index is 1590. The second-order valence-electron chi connectivity index (χ2n) is 9.14. The molecule has 4 aromatic rings. The number of carbonyl (C=O) groups is 2. The molecular formula is C28H21FN2O4S. The van der Waals surface area contributed by atoms with E-state index < -0.39 is 23.5 Å². The number of aliphatic hydroxyl groups is 1. The molecule has 0 saturated carbocycles. The van der Waals surface area contributed by atoms with Crippen LogP contribution in [0.25, 0.3) is 16.0 Å². The van der Waals surface area contributed by atoms with Crippen LogP contribution >= 0.6 is 11.3 Å².